The number of hydrogen-bond acceptors (Lipinski definition) is 2. The first-order valence-corrected chi connectivity index (χ1v) is 6.70. The van der Waals surface area contributed by atoms with Crippen molar-refractivity contribution in [1.29, 1.82) is 0 Å². The van der Waals surface area contributed by atoms with Crippen LogP contribution in [0.4, 0.5) is 13.2 Å². The number of furan rings is 1. The van der Waals surface area contributed by atoms with E-state index >= 15 is 0 Å². The smallest absolute Gasteiger partial charge is 0.389 e. The Morgan fingerprint density at radius 3 is 2.47 bits per heavy atom. The first kappa shape index (κ1) is 16.1. The van der Waals surface area contributed by atoms with Crippen LogP contribution in [0.2, 0.25) is 0 Å². The van der Waals surface area contributed by atoms with E-state index in [9.17, 15) is 13.2 Å². The number of halogens is 3. The van der Waals surface area contributed by atoms with Crippen LogP contribution in [0.3, 0.4) is 0 Å². The van der Waals surface area contributed by atoms with E-state index in [1.54, 1.807) is 0 Å². The summed E-state index contributed by atoms with van der Waals surface area (Å²) in [6.07, 6.45) is -3.25. The van der Waals surface area contributed by atoms with Crippen molar-refractivity contribution in [2.75, 3.05) is 6.54 Å². The predicted octanol–water partition coefficient (Wildman–Crippen LogP) is 4.67. The van der Waals surface area contributed by atoms with Gasteiger partial charge < -0.3 is 9.73 Å². The molecular weight excluding hydrogens is 255 g/mol. The van der Waals surface area contributed by atoms with E-state index in [0.29, 0.717) is 6.42 Å². The third-order valence-corrected chi connectivity index (χ3v) is 3.05. The Hall–Kier alpha value is -0.970. The van der Waals surface area contributed by atoms with Crippen LogP contribution in [-0.4, -0.2) is 12.7 Å². The van der Waals surface area contributed by atoms with E-state index in [1.807, 2.05) is 26.8 Å². The van der Waals surface area contributed by atoms with Crippen LogP contribution in [0.25, 0.3) is 0 Å². The van der Waals surface area contributed by atoms with Crippen LogP contribution in [-0.2, 0) is 0 Å². The molecule has 0 aliphatic heterocycles. The molecule has 1 heterocycles. The quantitative estimate of drug-likeness (QED) is 0.783. The van der Waals surface area contributed by atoms with Crippen molar-refractivity contribution in [3.05, 3.63) is 23.2 Å². The third-order valence-electron chi connectivity index (χ3n) is 3.05. The number of hydrogen-bond donors (Lipinski definition) is 1. The summed E-state index contributed by atoms with van der Waals surface area (Å²) >= 11 is 0. The van der Waals surface area contributed by atoms with Gasteiger partial charge in [-0.2, -0.15) is 13.2 Å². The van der Waals surface area contributed by atoms with Crippen molar-refractivity contribution in [1.82, 2.24) is 5.32 Å². The zero-order valence-corrected chi connectivity index (χ0v) is 11.7. The van der Waals surface area contributed by atoms with Gasteiger partial charge in [0, 0.05) is 18.0 Å². The largest absolute Gasteiger partial charge is 0.466 e. The molecule has 0 spiro atoms. The Labute approximate surface area is 112 Å². The van der Waals surface area contributed by atoms with Gasteiger partial charge in [-0.05, 0) is 45.7 Å². The topological polar surface area (TPSA) is 25.2 Å². The molecular formula is C14H22F3NO. The molecule has 1 rings (SSSR count). The molecule has 5 heteroatoms. The second-order valence-electron chi connectivity index (χ2n) is 4.88. The Kier molecular flexibility index (Phi) is 5.91. The van der Waals surface area contributed by atoms with Gasteiger partial charge in [-0.25, -0.2) is 0 Å². The normalized spacial score (nSPS) is 13.8. The maximum Gasteiger partial charge on any atom is 0.389 e. The number of nitrogens with one attached hydrogen (secondary N) is 1. The summed E-state index contributed by atoms with van der Waals surface area (Å²) in [5.74, 6) is 1.59. The minimum Gasteiger partial charge on any atom is -0.466 e. The molecule has 0 bridgehead atoms. The average molecular weight is 277 g/mol. The third kappa shape index (κ3) is 5.68. The van der Waals surface area contributed by atoms with E-state index in [-0.39, 0.29) is 12.5 Å². The van der Waals surface area contributed by atoms with Crippen LogP contribution < -0.4 is 5.32 Å². The highest BCUT2D eigenvalue weighted by Gasteiger charge is 2.27. The Morgan fingerprint density at radius 2 is 2.00 bits per heavy atom. The fraction of sp³-hybridized carbons (Fsp3) is 0.714. The van der Waals surface area contributed by atoms with Gasteiger partial charge >= 0.3 is 6.18 Å². The lowest BCUT2D eigenvalue weighted by atomic mass is 10.0. The standard InChI is InChI=1S/C14H22F3NO/c1-4-8-18-13(6-5-7-14(15,16)17)12-9-10(2)19-11(12)3/h9,13,18H,4-8H2,1-3H3. The lowest BCUT2D eigenvalue weighted by Crippen LogP contribution is -2.23. The first-order chi connectivity index (χ1) is 8.83. The van der Waals surface area contributed by atoms with E-state index in [4.69, 9.17) is 4.42 Å². The van der Waals surface area contributed by atoms with Crippen LogP contribution in [0.15, 0.2) is 10.5 Å². The first-order valence-electron chi connectivity index (χ1n) is 6.70. The van der Waals surface area contributed by atoms with E-state index in [2.05, 4.69) is 5.32 Å². The van der Waals surface area contributed by atoms with Crippen molar-refractivity contribution in [3.63, 3.8) is 0 Å². The van der Waals surface area contributed by atoms with E-state index in [0.717, 1.165) is 30.0 Å². The summed E-state index contributed by atoms with van der Waals surface area (Å²) in [5.41, 5.74) is 0.980. The number of rotatable bonds is 7. The van der Waals surface area contributed by atoms with Gasteiger partial charge in [-0.1, -0.05) is 6.92 Å². The van der Waals surface area contributed by atoms with Crippen LogP contribution in [0.5, 0.6) is 0 Å². The van der Waals surface area contributed by atoms with Crippen molar-refractivity contribution in [3.8, 4) is 0 Å². The zero-order chi connectivity index (χ0) is 14.5. The highest BCUT2D eigenvalue weighted by atomic mass is 19.4. The summed E-state index contributed by atoms with van der Waals surface area (Å²) in [5, 5.41) is 3.30. The Bertz CT molecular complexity index is 385. The summed E-state index contributed by atoms with van der Waals surface area (Å²) in [7, 11) is 0. The molecule has 1 aromatic heterocycles. The highest BCUT2D eigenvalue weighted by Crippen LogP contribution is 2.29. The molecule has 0 aromatic carbocycles. The van der Waals surface area contributed by atoms with Crippen LogP contribution in [0.1, 0.15) is 55.7 Å². The predicted molar refractivity (Wildman–Crippen MR) is 69.1 cm³/mol. The molecule has 0 aliphatic rings. The second kappa shape index (κ2) is 6.98. The molecule has 0 saturated carbocycles. The molecule has 110 valence electrons. The fourth-order valence-corrected chi connectivity index (χ4v) is 2.19. The van der Waals surface area contributed by atoms with Crippen molar-refractivity contribution in [2.24, 2.45) is 0 Å². The van der Waals surface area contributed by atoms with Crippen molar-refractivity contribution < 1.29 is 17.6 Å². The van der Waals surface area contributed by atoms with Gasteiger partial charge in [-0.15, -0.1) is 0 Å². The number of alkyl halides is 3. The van der Waals surface area contributed by atoms with Gasteiger partial charge in [0.1, 0.15) is 11.5 Å². The van der Waals surface area contributed by atoms with Gasteiger partial charge in [-0.3, -0.25) is 0 Å². The maximum absolute atomic E-state index is 12.2. The van der Waals surface area contributed by atoms with Crippen molar-refractivity contribution in [2.45, 2.75) is 58.7 Å². The minimum atomic E-state index is -4.07. The van der Waals surface area contributed by atoms with Crippen LogP contribution >= 0.6 is 0 Å². The SMILES string of the molecule is CCCNC(CCCC(F)(F)F)c1cc(C)oc1C. The summed E-state index contributed by atoms with van der Waals surface area (Å²) < 4.78 is 42.1. The van der Waals surface area contributed by atoms with Crippen LogP contribution in [0, 0.1) is 13.8 Å². The lowest BCUT2D eigenvalue weighted by molar-refractivity contribution is -0.135. The molecule has 19 heavy (non-hydrogen) atoms. The monoisotopic (exact) mass is 277 g/mol. The minimum absolute atomic E-state index is 0.0558. The number of aryl methyl sites for hydroxylation is 2. The molecule has 1 aromatic rings. The summed E-state index contributed by atoms with van der Waals surface area (Å²) in [6, 6.07) is 1.86. The van der Waals surface area contributed by atoms with Gasteiger partial charge in [0.05, 0.1) is 0 Å². The molecule has 2 nitrogen and oxygen atoms in total. The molecule has 0 fully saturated rings. The molecule has 0 saturated heterocycles. The van der Waals surface area contributed by atoms with E-state index < -0.39 is 12.6 Å². The molecule has 0 radical (unpaired) electrons. The average Bonchev–Trinajstić information content (AvgIpc) is 2.61. The molecule has 1 unspecified atom stereocenters. The van der Waals surface area contributed by atoms with Gasteiger partial charge in [0.25, 0.3) is 0 Å². The highest BCUT2D eigenvalue weighted by molar-refractivity contribution is 5.24. The summed E-state index contributed by atoms with van der Waals surface area (Å²) in [6.45, 7) is 6.53. The molecule has 0 amide bonds. The molecule has 0 aliphatic carbocycles. The Balaban J connectivity index is 2.64. The van der Waals surface area contributed by atoms with Gasteiger partial charge in [0.2, 0.25) is 0 Å². The lowest BCUT2D eigenvalue weighted by Gasteiger charge is -2.18. The van der Waals surface area contributed by atoms with Gasteiger partial charge in [0.15, 0.2) is 0 Å². The van der Waals surface area contributed by atoms with E-state index in [1.165, 1.54) is 0 Å². The zero-order valence-electron chi connectivity index (χ0n) is 11.7. The Morgan fingerprint density at radius 1 is 1.32 bits per heavy atom. The fourth-order valence-electron chi connectivity index (χ4n) is 2.19. The maximum atomic E-state index is 12.2. The molecule has 1 N–H and O–H groups in total. The van der Waals surface area contributed by atoms with Crippen molar-refractivity contribution >= 4 is 0 Å². The second-order valence-corrected chi connectivity index (χ2v) is 4.88. The molecule has 1 atom stereocenters. The summed E-state index contributed by atoms with van der Waals surface area (Å²) in [4.78, 5) is 0.